The first-order valence-corrected chi connectivity index (χ1v) is 5.42. The Bertz CT molecular complexity index is 213. The molecule has 0 spiro atoms. The minimum absolute atomic E-state index is 0.235. The van der Waals surface area contributed by atoms with E-state index in [1.54, 1.807) is 7.05 Å². The standard InChI is InChI=1S/C10H19F2N3/c1-15(7-9(11)12)10(13)14-8-5-3-2-4-6-8/h8-9H,2-7H2,1H3,(H2,13,14). The average Bonchev–Trinajstić information content (AvgIpc) is 2.18. The van der Waals surface area contributed by atoms with E-state index in [1.807, 2.05) is 0 Å². The predicted molar refractivity (Wildman–Crippen MR) is 57.1 cm³/mol. The summed E-state index contributed by atoms with van der Waals surface area (Å²) in [4.78, 5) is 5.59. The molecule has 0 aromatic rings. The summed E-state index contributed by atoms with van der Waals surface area (Å²) in [6.45, 7) is -0.345. The summed E-state index contributed by atoms with van der Waals surface area (Å²) < 4.78 is 24.1. The van der Waals surface area contributed by atoms with Gasteiger partial charge in [0.05, 0.1) is 12.6 Å². The van der Waals surface area contributed by atoms with Crippen molar-refractivity contribution >= 4 is 5.96 Å². The van der Waals surface area contributed by atoms with Crippen LogP contribution in [0.25, 0.3) is 0 Å². The summed E-state index contributed by atoms with van der Waals surface area (Å²) >= 11 is 0. The van der Waals surface area contributed by atoms with E-state index in [9.17, 15) is 8.78 Å². The highest BCUT2D eigenvalue weighted by Gasteiger charge is 2.15. The molecule has 0 atom stereocenters. The van der Waals surface area contributed by atoms with Crippen molar-refractivity contribution in [3.8, 4) is 0 Å². The van der Waals surface area contributed by atoms with E-state index in [0.717, 1.165) is 12.8 Å². The highest BCUT2D eigenvalue weighted by molar-refractivity contribution is 5.78. The predicted octanol–water partition coefficient (Wildman–Crippen LogP) is 1.83. The second-order valence-electron chi connectivity index (χ2n) is 4.05. The van der Waals surface area contributed by atoms with Crippen molar-refractivity contribution in [3.05, 3.63) is 0 Å². The molecule has 0 aromatic carbocycles. The number of guanidine groups is 1. The van der Waals surface area contributed by atoms with Crippen molar-refractivity contribution < 1.29 is 8.78 Å². The van der Waals surface area contributed by atoms with E-state index in [1.165, 1.54) is 24.2 Å². The zero-order valence-corrected chi connectivity index (χ0v) is 9.13. The third kappa shape index (κ3) is 4.44. The van der Waals surface area contributed by atoms with Crippen LogP contribution in [-0.2, 0) is 0 Å². The Morgan fingerprint density at radius 3 is 2.53 bits per heavy atom. The van der Waals surface area contributed by atoms with Gasteiger partial charge in [-0.05, 0) is 12.8 Å². The van der Waals surface area contributed by atoms with Crippen LogP contribution in [-0.4, -0.2) is 36.9 Å². The quantitative estimate of drug-likeness (QED) is 0.581. The number of alkyl halides is 2. The van der Waals surface area contributed by atoms with Gasteiger partial charge in [-0.25, -0.2) is 13.8 Å². The van der Waals surface area contributed by atoms with E-state index in [-0.39, 0.29) is 18.5 Å². The van der Waals surface area contributed by atoms with Crippen LogP contribution < -0.4 is 5.73 Å². The maximum Gasteiger partial charge on any atom is 0.255 e. The normalized spacial score (nSPS) is 19.6. The molecule has 0 aromatic heterocycles. The number of halogens is 2. The van der Waals surface area contributed by atoms with Crippen molar-refractivity contribution in [2.24, 2.45) is 10.7 Å². The fourth-order valence-corrected chi connectivity index (χ4v) is 1.80. The van der Waals surface area contributed by atoms with Crippen molar-refractivity contribution in [1.82, 2.24) is 4.90 Å². The van der Waals surface area contributed by atoms with Gasteiger partial charge in [0, 0.05) is 7.05 Å². The van der Waals surface area contributed by atoms with Crippen LogP contribution in [0.15, 0.2) is 4.99 Å². The van der Waals surface area contributed by atoms with Gasteiger partial charge < -0.3 is 10.6 Å². The largest absolute Gasteiger partial charge is 0.370 e. The highest BCUT2D eigenvalue weighted by atomic mass is 19.3. The summed E-state index contributed by atoms with van der Waals surface area (Å²) in [5.41, 5.74) is 5.64. The van der Waals surface area contributed by atoms with Gasteiger partial charge in [-0.3, -0.25) is 0 Å². The van der Waals surface area contributed by atoms with Gasteiger partial charge in [0.25, 0.3) is 6.43 Å². The summed E-state index contributed by atoms with van der Waals surface area (Å²) in [5, 5.41) is 0. The molecular formula is C10H19F2N3. The van der Waals surface area contributed by atoms with Gasteiger partial charge in [0.2, 0.25) is 0 Å². The highest BCUT2D eigenvalue weighted by Crippen LogP contribution is 2.20. The molecule has 1 aliphatic rings. The molecule has 0 bridgehead atoms. The molecule has 1 fully saturated rings. The summed E-state index contributed by atoms with van der Waals surface area (Å²) in [5.74, 6) is 0.238. The second-order valence-corrected chi connectivity index (χ2v) is 4.05. The maximum atomic E-state index is 12.1. The molecular weight excluding hydrogens is 200 g/mol. The van der Waals surface area contributed by atoms with Crippen LogP contribution >= 0.6 is 0 Å². The average molecular weight is 219 g/mol. The summed E-state index contributed by atoms with van der Waals surface area (Å²) in [7, 11) is 1.55. The van der Waals surface area contributed by atoms with E-state index >= 15 is 0 Å². The number of rotatable bonds is 3. The molecule has 5 heteroatoms. The molecule has 0 radical (unpaired) electrons. The first kappa shape index (κ1) is 12.2. The van der Waals surface area contributed by atoms with Crippen molar-refractivity contribution in [2.75, 3.05) is 13.6 Å². The molecule has 3 nitrogen and oxygen atoms in total. The maximum absolute atomic E-state index is 12.1. The Labute approximate surface area is 89.3 Å². The number of hydrogen-bond acceptors (Lipinski definition) is 1. The second kappa shape index (κ2) is 5.88. The fourth-order valence-electron chi connectivity index (χ4n) is 1.80. The van der Waals surface area contributed by atoms with Gasteiger partial charge in [0.15, 0.2) is 5.96 Å². The zero-order valence-electron chi connectivity index (χ0n) is 9.13. The van der Waals surface area contributed by atoms with Gasteiger partial charge in [-0.15, -0.1) is 0 Å². The first-order valence-electron chi connectivity index (χ1n) is 5.42. The minimum Gasteiger partial charge on any atom is -0.370 e. The lowest BCUT2D eigenvalue weighted by molar-refractivity contribution is 0.123. The van der Waals surface area contributed by atoms with E-state index < -0.39 is 6.43 Å². The molecule has 0 aliphatic heterocycles. The number of nitrogens with zero attached hydrogens (tertiary/aromatic N) is 2. The van der Waals surface area contributed by atoms with Crippen molar-refractivity contribution in [2.45, 2.75) is 44.6 Å². The topological polar surface area (TPSA) is 41.6 Å². The Morgan fingerprint density at radius 1 is 1.40 bits per heavy atom. The smallest absolute Gasteiger partial charge is 0.255 e. The lowest BCUT2D eigenvalue weighted by Gasteiger charge is -2.22. The van der Waals surface area contributed by atoms with Crippen LogP contribution in [0.5, 0.6) is 0 Å². The molecule has 15 heavy (non-hydrogen) atoms. The molecule has 0 amide bonds. The lowest BCUT2D eigenvalue weighted by atomic mass is 9.96. The molecule has 2 N–H and O–H groups in total. The van der Waals surface area contributed by atoms with Gasteiger partial charge in [-0.1, -0.05) is 19.3 Å². The van der Waals surface area contributed by atoms with E-state index in [4.69, 9.17) is 5.73 Å². The van der Waals surface area contributed by atoms with Gasteiger partial charge >= 0.3 is 0 Å². The van der Waals surface area contributed by atoms with Crippen LogP contribution in [0.2, 0.25) is 0 Å². The lowest BCUT2D eigenvalue weighted by Crippen LogP contribution is -2.38. The molecule has 88 valence electrons. The van der Waals surface area contributed by atoms with Crippen LogP contribution in [0.3, 0.4) is 0 Å². The Kier molecular flexibility index (Phi) is 4.78. The molecule has 1 rings (SSSR count). The number of aliphatic imine (C=N–C) groups is 1. The van der Waals surface area contributed by atoms with E-state index in [2.05, 4.69) is 4.99 Å². The molecule has 0 saturated heterocycles. The molecule has 0 unspecified atom stereocenters. The number of hydrogen-bond donors (Lipinski definition) is 1. The Morgan fingerprint density at radius 2 is 2.00 bits per heavy atom. The van der Waals surface area contributed by atoms with Crippen LogP contribution in [0, 0.1) is 0 Å². The molecule has 0 heterocycles. The third-order valence-electron chi connectivity index (χ3n) is 2.69. The monoisotopic (exact) mass is 219 g/mol. The van der Waals surface area contributed by atoms with Crippen LogP contribution in [0.1, 0.15) is 32.1 Å². The SMILES string of the molecule is CN(CC(F)F)C(N)=NC1CCCCC1. The Hall–Kier alpha value is -0.870. The fraction of sp³-hybridized carbons (Fsp3) is 0.900. The molecule has 1 aliphatic carbocycles. The van der Waals surface area contributed by atoms with E-state index in [0.29, 0.717) is 0 Å². The van der Waals surface area contributed by atoms with Crippen molar-refractivity contribution in [1.29, 1.82) is 0 Å². The zero-order chi connectivity index (χ0) is 11.3. The molecule has 1 saturated carbocycles. The Balaban J connectivity index is 2.42. The van der Waals surface area contributed by atoms with Crippen molar-refractivity contribution in [3.63, 3.8) is 0 Å². The summed E-state index contributed by atoms with van der Waals surface area (Å²) in [6.07, 6.45) is 3.28. The van der Waals surface area contributed by atoms with Gasteiger partial charge in [-0.2, -0.15) is 0 Å². The third-order valence-corrected chi connectivity index (χ3v) is 2.69. The minimum atomic E-state index is -2.37. The van der Waals surface area contributed by atoms with Gasteiger partial charge in [0.1, 0.15) is 0 Å². The number of nitrogens with two attached hydrogens (primary N) is 1. The first-order chi connectivity index (χ1) is 7.09. The van der Waals surface area contributed by atoms with Crippen LogP contribution in [0.4, 0.5) is 8.78 Å². The summed E-state index contributed by atoms with van der Waals surface area (Å²) in [6, 6.07) is 0.235.